The van der Waals surface area contributed by atoms with Gasteiger partial charge in [-0.25, -0.2) is 4.98 Å². The fourth-order valence-corrected chi connectivity index (χ4v) is 4.22. The van der Waals surface area contributed by atoms with E-state index in [0.717, 1.165) is 79.7 Å². The van der Waals surface area contributed by atoms with Crippen LogP contribution in [0.5, 0.6) is 0 Å². The number of nitrogens with one attached hydrogen (secondary N) is 2. The molecule has 0 unspecified atom stereocenters. The van der Waals surface area contributed by atoms with Gasteiger partial charge in [0, 0.05) is 58.2 Å². The Labute approximate surface area is 201 Å². The number of aromatic nitrogens is 3. The topological polar surface area (TPSA) is 66.0 Å². The van der Waals surface area contributed by atoms with Crippen molar-refractivity contribution in [2.24, 2.45) is 0 Å². The molecule has 2 N–H and O–H groups in total. The summed E-state index contributed by atoms with van der Waals surface area (Å²) in [4.78, 5) is 16.4. The third-order valence-corrected chi connectivity index (χ3v) is 6.06. The first-order valence-corrected chi connectivity index (χ1v) is 11.9. The Morgan fingerprint density at radius 3 is 1.74 bits per heavy atom. The van der Waals surface area contributed by atoms with Gasteiger partial charge in [0.25, 0.3) is 0 Å². The Morgan fingerprint density at radius 1 is 0.618 bits per heavy atom. The lowest BCUT2D eigenvalue weighted by Crippen LogP contribution is -2.33. The van der Waals surface area contributed by atoms with Gasteiger partial charge in [-0.15, -0.1) is 0 Å². The Hall–Kier alpha value is -3.45. The van der Waals surface area contributed by atoms with Crippen molar-refractivity contribution in [3.05, 3.63) is 90.8 Å². The molecule has 5 rings (SSSR count). The molecule has 6 nitrogen and oxygen atoms in total. The molecule has 34 heavy (non-hydrogen) atoms. The molecule has 1 saturated heterocycles. The molecule has 0 amide bonds. The Morgan fingerprint density at radius 2 is 1.21 bits per heavy atom. The molecule has 1 fully saturated rings. The van der Waals surface area contributed by atoms with Crippen LogP contribution in [0.1, 0.15) is 5.56 Å². The standard InChI is InChI=1S/C28H30N6/c1-3-11-31-25(5-1)27-19-24(20-28(33-27)26-6-2-4-12-32-26)23-9-7-22(8-10-23)21-34-17-15-29-13-14-30-16-18-34/h1-12,19-20,29-30H,13-18,21H2. The maximum absolute atomic E-state index is 4.87. The summed E-state index contributed by atoms with van der Waals surface area (Å²) in [5.74, 6) is 0. The van der Waals surface area contributed by atoms with Crippen molar-refractivity contribution in [3.8, 4) is 33.9 Å². The third-order valence-electron chi connectivity index (χ3n) is 6.06. The molecule has 4 aromatic rings. The van der Waals surface area contributed by atoms with Gasteiger partial charge in [0.2, 0.25) is 0 Å². The first-order chi connectivity index (χ1) is 16.8. The minimum atomic E-state index is 0.847. The van der Waals surface area contributed by atoms with Gasteiger partial charge in [0.05, 0.1) is 22.8 Å². The summed E-state index contributed by atoms with van der Waals surface area (Å²) in [5.41, 5.74) is 7.00. The highest BCUT2D eigenvalue weighted by Gasteiger charge is 2.11. The second-order valence-corrected chi connectivity index (χ2v) is 8.53. The SMILES string of the molecule is c1ccc(-c2cc(-c3ccc(CN4CCNCCNCC4)cc3)cc(-c3ccccn3)n2)nc1. The fourth-order valence-electron chi connectivity index (χ4n) is 4.22. The highest BCUT2D eigenvalue weighted by Crippen LogP contribution is 2.29. The zero-order chi connectivity index (χ0) is 23.0. The molecular formula is C28H30N6. The van der Waals surface area contributed by atoms with Crippen molar-refractivity contribution in [2.75, 3.05) is 39.3 Å². The van der Waals surface area contributed by atoms with E-state index >= 15 is 0 Å². The minimum Gasteiger partial charge on any atom is -0.314 e. The lowest BCUT2D eigenvalue weighted by molar-refractivity contribution is 0.272. The molecule has 0 spiro atoms. The summed E-state index contributed by atoms with van der Waals surface area (Å²) in [5, 5.41) is 6.98. The van der Waals surface area contributed by atoms with E-state index in [0.29, 0.717) is 0 Å². The first-order valence-electron chi connectivity index (χ1n) is 11.9. The molecule has 0 saturated carbocycles. The zero-order valence-corrected chi connectivity index (χ0v) is 19.3. The molecule has 0 bridgehead atoms. The third kappa shape index (κ3) is 5.72. The predicted molar refractivity (Wildman–Crippen MR) is 137 cm³/mol. The fraction of sp³-hybridized carbons (Fsp3) is 0.250. The molecule has 1 aromatic carbocycles. The number of benzene rings is 1. The molecule has 172 valence electrons. The number of hydrogen-bond acceptors (Lipinski definition) is 6. The zero-order valence-electron chi connectivity index (χ0n) is 19.3. The molecule has 4 heterocycles. The lowest BCUT2D eigenvalue weighted by Gasteiger charge is -2.21. The maximum Gasteiger partial charge on any atom is 0.0900 e. The van der Waals surface area contributed by atoms with Crippen LogP contribution in [0.3, 0.4) is 0 Å². The van der Waals surface area contributed by atoms with Crippen LogP contribution in [0.2, 0.25) is 0 Å². The molecule has 0 atom stereocenters. The van der Waals surface area contributed by atoms with Gasteiger partial charge in [-0.3, -0.25) is 14.9 Å². The molecule has 0 radical (unpaired) electrons. The molecule has 6 heteroatoms. The van der Waals surface area contributed by atoms with E-state index in [4.69, 9.17) is 4.98 Å². The summed E-state index contributed by atoms with van der Waals surface area (Å²) in [7, 11) is 0. The van der Waals surface area contributed by atoms with E-state index in [2.05, 4.69) is 61.9 Å². The Balaban J connectivity index is 1.42. The van der Waals surface area contributed by atoms with Crippen LogP contribution >= 0.6 is 0 Å². The molecule has 3 aromatic heterocycles. The largest absolute Gasteiger partial charge is 0.314 e. The average Bonchev–Trinajstić information content (AvgIpc) is 3.04. The van der Waals surface area contributed by atoms with Crippen LogP contribution in [0.4, 0.5) is 0 Å². The molecule has 1 aliphatic rings. The number of rotatable bonds is 5. The highest BCUT2D eigenvalue weighted by atomic mass is 15.2. The van der Waals surface area contributed by atoms with Crippen LogP contribution in [0.15, 0.2) is 85.2 Å². The predicted octanol–water partition coefficient (Wildman–Crippen LogP) is 3.87. The normalized spacial score (nSPS) is 15.3. The maximum atomic E-state index is 4.87. The van der Waals surface area contributed by atoms with E-state index in [1.807, 2.05) is 36.4 Å². The van der Waals surface area contributed by atoms with Crippen molar-refractivity contribution in [2.45, 2.75) is 6.54 Å². The second-order valence-electron chi connectivity index (χ2n) is 8.53. The number of nitrogens with zero attached hydrogens (tertiary/aromatic N) is 4. The van der Waals surface area contributed by atoms with Gasteiger partial charge in [-0.05, 0) is 53.1 Å². The van der Waals surface area contributed by atoms with E-state index in [9.17, 15) is 0 Å². The quantitative estimate of drug-likeness (QED) is 0.481. The highest BCUT2D eigenvalue weighted by molar-refractivity contribution is 5.74. The van der Waals surface area contributed by atoms with Crippen molar-refractivity contribution in [3.63, 3.8) is 0 Å². The van der Waals surface area contributed by atoms with Crippen LogP contribution < -0.4 is 10.6 Å². The summed E-state index contributed by atoms with van der Waals surface area (Å²) in [6.07, 6.45) is 3.60. The molecular weight excluding hydrogens is 420 g/mol. The van der Waals surface area contributed by atoms with E-state index in [-0.39, 0.29) is 0 Å². The van der Waals surface area contributed by atoms with Crippen LogP contribution in [-0.2, 0) is 6.54 Å². The van der Waals surface area contributed by atoms with Gasteiger partial charge in [0.1, 0.15) is 0 Å². The molecule has 1 aliphatic heterocycles. The first kappa shape index (κ1) is 22.3. The Bertz CT molecular complexity index is 1110. The van der Waals surface area contributed by atoms with E-state index in [1.165, 1.54) is 5.56 Å². The van der Waals surface area contributed by atoms with E-state index in [1.54, 1.807) is 12.4 Å². The second kappa shape index (κ2) is 11.1. The molecule has 0 aliphatic carbocycles. The van der Waals surface area contributed by atoms with Crippen molar-refractivity contribution >= 4 is 0 Å². The summed E-state index contributed by atoms with van der Waals surface area (Å²) in [6.45, 7) is 7.22. The summed E-state index contributed by atoms with van der Waals surface area (Å²) < 4.78 is 0. The Kier molecular flexibility index (Phi) is 7.31. The van der Waals surface area contributed by atoms with Gasteiger partial charge in [-0.2, -0.15) is 0 Å². The van der Waals surface area contributed by atoms with Crippen LogP contribution in [0, 0.1) is 0 Å². The monoisotopic (exact) mass is 450 g/mol. The lowest BCUT2D eigenvalue weighted by atomic mass is 10.0. The van der Waals surface area contributed by atoms with Crippen molar-refractivity contribution < 1.29 is 0 Å². The number of hydrogen-bond donors (Lipinski definition) is 2. The average molecular weight is 451 g/mol. The van der Waals surface area contributed by atoms with Crippen LogP contribution in [-0.4, -0.2) is 59.1 Å². The van der Waals surface area contributed by atoms with E-state index < -0.39 is 0 Å². The van der Waals surface area contributed by atoms with Crippen LogP contribution in [0.25, 0.3) is 33.9 Å². The van der Waals surface area contributed by atoms with Gasteiger partial charge < -0.3 is 10.6 Å². The number of pyridine rings is 3. The van der Waals surface area contributed by atoms with Gasteiger partial charge in [-0.1, -0.05) is 36.4 Å². The smallest absolute Gasteiger partial charge is 0.0900 e. The summed E-state index contributed by atoms with van der Waals surface area (Å²) >= 11 is 0. The van der Waals surface area contributed by atoms with Crippen molar-refractivity contribution in [1.82, 2.24) is 30.5 Å². The van der Waals surface area contributed by atoms with Gasteiger partial charge in [0.15, 0.2) is 0 Å². The van der Waals surface area contributed by atoms with Gasteiger partial charge >= 0.3 is 0 Å². The minimum absolute atomic E-state index is 0.847. The van der Waals surface area contributed by atoms with Crippen molar-refractivity contribution in [1.29, 1.82) is 0 Å². The summed E-state index contributed by atoms with van der Waals surface area (Å²) in [6, 6.07) is 24.9.